The van der Waals surface area contributed by atoms with E-state index in [0.717, 1.165) is 17.9 Å². The van der Waals surface area contributed by atoms with Gasteiger partial charge in [0.25, 0.3) is 0 Å². The third-order valence-electron chi connectivity index (χ3n) is 1.43. The Hall–Kier alpha value is 0.0300. The summed E-state index contributed by atoms with van der Waals surface area (Å²) in [5, 5.41) is 0.801. The van der Waals surface area contributed by atoms with E-state index in [-0.39, 0.29) is 0 Å². The van der Waals surface area contributed by atoms with E-state index in [9.17, 15) is 0 Å². The molecule has 0 saturated carbocycles. The molecule has 0 rings (SSSR count). The molecule has 0 aliphatic carbocycles. The van der Waals surface area contributed by atoms with E-state index in [1.165, 1.54) is 0 Å². The summed E-state index contributed by atoms with van der Waals surface area (Å²) in [5.41, 5.74) is 0. The first-order valence-corrected chi connectivity index (χ1v) is 3.44. The van der Waals surface area contributed by atoms with Crippen molar-refractivity contribution in [3.05, 3.63) is 11.6 Å². The molecule has 0 unspecified atom stereocenters. The highest BCUT2D eigenvalue weighted by Gasteiger charge is 2.03. The Balaban J connectivity index is 3.52. The summed E-state index contributed by atoms with van der Waals surface area (Å²) in [4.78, 5) is 0. The van der Waals surface area contributed by atoms with Crippen molar-refractivity contribution in [1.29, 1.82) is 0 Å². The van der Waals surface area contributed by atoms with Gasteiger partial charge in [0.05, 0.1) is 0 Å². The van der Waals surface area contributed by atoms with Gasteiger partial charge >= 0.3 is 0 Å². The van der Waals surface area contributed by atoms with Gasteiger partial charge in [-0.1, -0.05) is 32.0 Å². The van der Waals surface area contributed by atoms with E-state index in [2.05, 4.69) is 20.4 Å². The summed E-state index contributed by atoms with van der Waals surface area (Å²) < 4.78 is 0. The molecular weight excluding hydrogens is 120 g/mol. The van der Waals surface area contributed by atoms with Gasteiger partial charge in [0.1, 0.15) is 0 Å². The predicted molar refractivity (Wildman–Crippen MR) is 39.1 cm³/mol. The minimum absolute atomic E-state index is 0.525. The second-order valence-electron chi connectivity index (χ2n) is 1.96. The van der Waals surface area contributed by atoms with Gasteiger partial charge in [-0.05, 0) is 18.8 Å². The van der Waals surface area contributed by atoms with E-state index >= 15 is 0 Å². The lowest BCUT2D eigenvalue weighted by Crippen LogP contribution is -1.93. The SMILES string of the molecule is C=C(Cl)C(CC)CC. The predicted octanol–water partition coefficient (Wildman–Crippen LogP) is 3.18. The monoisotopic (exact) mass is 132 g/mol. The molecule has 0 spiro atoms. The summed E-state index contributed by atoms with van der Waals surface area (Å²) in [6, 6.07) is 0. The summed E-state index contributed by atoms with van der Waals surface area (Å²) in [5.74, 6) is 0.525. The molecular formula is C7H13Cl. The Labute approximate surface area is 56.5 Å². The van der Waals surface area contributed by atoms with Crippen LogP contribution in [0.15, 0.2) is 11.6 Å². The molecule has 48 valence electrons. The average Bonchev–Trinajstić information content (AvgIpc) is 1.69. The van der Waals surface area contributed by atoms with Crippen LogP contribution in [0.3, 0.4) is 0 Å². The Morgan fingerprint density at radius 1 is 1.50 bits per heavy atom. The lowest BCUT2D eigenvalue weighted by atomic mass is 10.0. The highest BCUT2D eigenvalue weighted by Crippen LogP contribution is 2.19. The van der Waals surface area contributed by atoms with Gasteiger partial charge in [0.2, 0.25) is 0 Å². The van der Waals surface area contributed by atoms with Gasteiger partial charge in [-0.15, -0.1) is 0 Å². The number of hydrogen-bond acceptors (Lipinski definition) is 0. The van der Waals surface area contributed by atoms with E-state index < -0.39 is 0 Å². The van der Waals surface area contributed by atoms with Crippen LogP contribution in [0.2, 0.25) is 0 Å². The van der Waals surface area contributed by atoms with Gasteiger partial charge in [0, 0.05) is 5.03 Å². The molecule has 1 heteroatoms. The molecule has 0 bridgehead atoms. The van der Waals surface area contributed by atoms with E-state index in [0.29, 0.717) is 5.92 Å². The third kappa shape index (κ3) is 2.37. The van der Waals surface area contributed by atoms with Crippen LogP contribution in [0.4, 0.5) is 0 Å². The first-order valence-electron chi connectivity index (χ1n) is 3.06. The van der Waals surface area contributed by atoms with Crippen molar-refractivity contribution in [3.8, 4) is 0 Å². The Kier molecular flexibility index (Phi) is 3.98. The van der Waals surface area contributed by atoms with Gasteiger partial charge in [0.15, 0.2) is 0 Å². The standard InChI is InChI=1S/C7H13Cl/c1-4-7(5-2)6(3)8/h7H,3-5H2,1-2H3. The lowest BCUT2D eigenvalue weighted by Gasteiger charge is -2.07. The Morgan fingerprint density at radius 3 is 1.88 bits per heavy atom. The fourth-order valence-corrected chi connectivity index (χ4v) is 1.04. The third-order valence-corrected chi connectivity index (χ3v) is 1.74. The molecule has 0 radical (unpaired) electrons. The fraction of sp³-hybridized carbons (Fsp3) is 0.714. The van der Waals surface area contributed by atoms with Crippen molar-refractivity contribution in [2.75, 3.05) is 0 Å². The number of halogens is 1. The zero-order valence-corrected chi connectivity index (χ0v) is 6.33. The van der Waals surface area contributed by atoms with E-state index in [1.807, 2.05) is 0 Å². The second-order valence-corrected chi connectivity index (χ2v) is 2.45. The summed E-state index contributed by atoms with van der Waals surface area (Å²) in [6.45, 7) is 7.92. The van der Waals surface area contributed by atoms with Crippen LogP contribution in [0.5, 0.6) is 0 Å². The van der Waals surface area contributed by atoms with Crippen LogP contribution in [0, 0.1) is 5.92 Å². The minimum atomic E-state index is 0.525. The largest absolute Gasteiger partial charge is 0.0895 e. The topological polar surface area (TPSA) is 0 Å². The fourth-order valence-electron chi connectivity index (χ4n) is 0.732. The maximum Gasteiger partial charge on any atom is 0.0140 e. The van der Waals surface area contributed by atoms with Crippen LogP contribution in [0.25, 0.3) is 0 Å². The highest BCUT2D eigenvalue weighted by atomic mass is 35.5. The molecule has 0 nitrogen and oxygen atoms in total. The molecule has 0 amide bonds. The van der Waals surface area contributed by atoms with Crippen LogP contribution in [0.1, 0.15) is 26.7 Å². The molecule has 0 heterocycles. The van der Waals surface area contributed by atoms with Gasteiger partial charge in [-0.2, -0.15) is 0 Å². The van der Waals surface area contributed by atoms with Crippen LogP contribution < -0.4 is 0 Å². The van der Waals surface area contributed by atoms with Crippen molar-refractivity contribution in [1.82, 2.24) is 0 Å². The van der Waals surface area contributed by atoms with Crippen LogP contribution in [-0.2, 0) is 0 Å². The average molecular weight is 133 g/mol. The molecule has 0 aliphatic heterocycles. The molecule has 0 aromatic rings. The maximum atomic E-state index is 5.65. The van der Waals surface area contributed by atoms with Crippen molar-refractivity contribution in [2.45, 2.75) is 26.7 Å². The maximum absolute atomic E-state index is 5.65. The molecule has 0 aromatic heterocycles. The van der Waals surface area contributed by atoms with Crippen molar-refractivity contribution in [2.24, 2.45) is 5.92 Å². The Morgan fingerprint density at radius 2 is 1.88 bits per heavy atom. The zero-order valence-electron chi connectivity index (χ0n) is 5.58. The van der Waals surface area contributed by atoms with Gasteiger partial charge in [-0.25, -0.2) is 0 Å². The summed E-state index contributed by atoms with van der Waals surface area (Å²) in [7, 11) is 0. The molecule has 0 N–H and O–H groups in total. The summed E-state index contributed by atoms with van der Waals surface area (Å²) in [6.07, 6.45) is 2.22. The number of allylic oxidation sites excluding steroid dienone is 1. The lowest BCUT2D eigenvalue weighted by molar-refractivity contribution is 0.597. The quantitative estimate of drug-likeness (QED) is 0.554. The Bertz CT molecular complexity index is 72.5. The molecule has 0 fully saturated rings. The van der Waals surface area contributed by atoms with E-state index in [4.69, 9.17) is 11.6 Å². The smallest absolute Gasteiger partial charge is 0.0140 e. The molecule has 0 aromatic carbocycles. The van der Waals surface area contributed by atoms with Crippen molar-refractivity contribution in [3.63, 3.8) is 0 Å². The highest BCUT2D eigenvalue weighted by molar-refractivity contribution is 6.29. The van der Waals surface area contributed by atoms with Crippen molar-refractivity contribution >= 4 is 11.6 Å². The minimum Gasteiger partial charge on any atom is -0.0895 e. The summed E-state index contributed by atoms with van der Waals surface area (Å²) >= 11 is 5.65. The molecule has 8 heavy (non-hydrogen) atoms. The zero-order chi connectivity index (χ0) is 6.57. The van der Waals surface area contributed by atoms with Gasteiger partial charge < -0.3 is 0 Å². The van der Waals surface area contributed by atoms with Crippen molar-refractivity contribution < 1.29 is 0 Å². The van der Waals surface area contributed by atoms with Gasteiger partial charge in [-0.3, -0.25) is 0 Å². The molecule has 0 saturated heterocycles. The second kappa shape index (κ2) is 3.96. The first-order chi connectivity index (χ1) is 3.72. The van der Waals surface area contributed by atoms with Crippen LogP contribution >= 0.6 is 11.6 Å². The van der Waals surface area contributed by atoms with E-state index in [1.54, 1.807) is 0 Å². The van der Waals surface area contributed by atoms with Crippen LogP contribution in [-0.4, -0.2) is 0 Å². The molecule has 0 aliphatic rings. The normalized spacial score (nSPS) is 10.0. The first kappa shape index (κ1) is 8.03. The number of rotatable bonds is 3. The number of hydrogen-bond donors (Lipinski definition) is 0. The molecule has 0 atom stereocenters.